The fraction of sp³-hybridized carbons (Fsp3) is 0.385. The van der Waals surface area contributed by atoms with E-state index in [1.165, 1.54) is 0 Å². The lowest BCUT2D eigenvalue weighted by Gasteiger charge is -2.22. The number of aromatic carboxylic acids is 1. The van der Waals surface area contributed by atoms with Crippen molar-refractivity contribution in [2.24, 2.45) is 5.10 Å². The van der Waals surface area contributed by atoms with Gasteiger partial charge in [0, 0.05) is 31.6 Å². The van der Waals surface area contributed by atoms with E-state index in [2.05, 4.69) is 22.5 Å². The van der Waals surface area contributed by atoms with E-state index < -0.39 is 16.4 Å². The lowest BCUT2D eigenvalue weighted by Crippen LogP contribution is -2.30. The summed E-state index contributed by atoms with van der Waals surface area (Å²) in [6.07, 6.45) is 1.97. The van der Waals surface area contributed by atoms with E-state index in [0.29, 0.717) is 0 Å². The van der Waals surface area contributed by atoms with Gasteiger partial charge in [0.15, 0.2) is 0 Å². The highest BCUT2D eigenvalue weighted by Gasteiger charge is 2.10. The third kappa shape index (κ3) is 8.88. The number of nitrogens with one attached hydrogen (secondary N) is 1. The van der Waals surface area contributed by atoms with E-state index in [0.717, 1.165) is 37.3 Å². The molecule has 0 saturated carbocycles. The van der Waals surface area contributed by atoms with Crippen molar-refractivity contribution >= 4 is 27.8 Å². The number of carbonyl (C=O) groups is 1. The van der Waals surface area contributed by atoms with Crippen LogP contribution in [0.3, 0.4) is 0 Å². The predicted molar refractivity (Wildman–Crippen MR) is 85.4 cm³/mol. The molecule has 0 spiro atoms. The Morgan fingerprint density at radius 2 is 1.65 bits per heavy atom. The average molecular weight is 345 g/mol. The van der Waals surface area contributed by atoms with Crippen LogP contribution in [-0.4, -0.2) is 59.3 Å². The quantitative estimate of drug-likeness (QED) is 0.474. The number of benzene rings is 1. The SMILES string of the molecule is CN1CCC(=NNc2ccc(C(=O)O)cc2)CC1.O=S(=O)(O)O. The van der Waals surface area contributed by atoms with E-state index in [1.54, 1.807) is 24.3 Å². The number of likely N-dealkylation sites (tertiary alicyclic amines) is 1. The van der Waals surface area contributed by atoms with Gasteiger partial charge < -0.3 is 10.0 Å². The molecular formula is C13H19N3O6S. The van der Waals surface area contributed by atoms with Crippen molar-refractivity contribution in [2.45, 2.75) is 12.8 Å². The van der Waals surface area contributed by atoms with E-state index in [1.807, 2.05) is 0 Å². The van der Waals surface area contributed by atoms with Crippen molar-refractivity contribution in [1.29, 1.82) is 0 Å². The number of carboxylic acids is 1. The molecule has 0 unspecified atom stereocenters. The van der Waals surface area contributed by atoms with E-state index in [4.69, 9.17) is 22.6 Å². The molecule has 9 nitrogen and oxygen atoms in total. The zero-order valence-electron chi connectivity index (χ0n) is 12.5. The topological polar surface area (TPSA) is 140 Å². The molecule has 2 rings (SSSR count). The highest BCUT2D eigenvalue weighted by Crippen LogP contribution is 2.11. The molecule has 0 radical (unpaired) electrons. The number of anilines is 1. The second-order valence-corrected chi connectivity index (χ2v) is 5.82. The maximum absolute atomic E-state index is 10.7. The molecule has 0 aromatic heterocycles. The fourth-order valence-electron chi connectivity index (χ4n) is 1.82. The monoisotopic (exact) mass is 345 g/mol. The van der Waals surface area contributed by atoms with E-state index in [9.17, 15) is 4.79 Å². The van der Waals surface area contributed by atoms with Gasteiger partial charge in [0.2, 0.25) is 0 Å². The van der Waals surface area contributed by atoms with Crippen LogP contribution in [0.25, 0.3) is 0 Å². The molecule has 0 amide bonds. The van der Waals surface area contributed by atoms with Crippen LogP contribution in [0.1, 0.15) is 23.2 Å². The second-order valence-electron chi connectivity index (χ2n) is 4.92. The van der Waals surface area contributed by atoms with E-state index >= 15 is 0 Å². The Morgan fingerprint density at radius 3 is 2.09 bits per heavy atom. The maximum atomic E-state index is 10.7. The van der Waals surface area contributed by atoms with Gasteiger partial charge >= 0.3 is 16.4 Å². The van der Waals surface area contributed by atoms with Gasteiger partial charge in [0.1, 0.15) is 0 Å². The van der Waals surface area contributed by atoms with Crippen molar-refractivity contribution in [1.82, 2.24) is 4.90 Å². The smallest absolute Gasteiger partial charge is 0.394 e. The number of hydrogen-bond donors (Lipinski definition) is 4. The third-order valence-electron chi connectivity index (χ3n) is 3.04. The number of carboxylic acid groups (broad SMARTS) is 1. The first-order chi connectivity index (χ1) is 10.6. The van der Waals surface area contributed by atoms with Crippen LogP contribution in [0.5, 0.6) is 0 Å². The van der Waals surface area contributed by atoms with Crippen LogP contribution in [0, 0.1) is 0 Å². The van der Waals surface area contributed by atoms with Crippen molar-refractivity contribution < 1.29 is 27.4 Å². The summed E-state index contributed by atoms with van der Waals surface area (Å²) < 4.78 is 31.6. The number of rotatable bonds is 3. The van der Waals surface area contributed by atoms with Gasteiger partial charge in [-0.15, -0.1) is 0 Å². The van der Waals surface area contributed by atoms with Crippen LogP contribution in [0.4, 0.5) is 5.69 Å². The largest absolute Gasteiger partial charge is 0.478 e. The fourth-order valence-corrected chi connectivity index (χ4v) is 1.82. The number of nitrogens with zero attached hydrogens (tertiary/aromatic N) is 2. The normalized spacial score (nSPS) is 15.3. The van der Waals surface area contributed by atoms with Crippen molar-refractivity contribution in [3.8, 4) is 0 Å². The molecule has 1 aromatic rings. The van der Waals surface area contributed by atoms with Crippen molar-refractivity contribution in [2.75, 3.05) is 25.6 Å². The minimum absolute atomic E-state index is 0.285. The molecule has 4 N–H and O–H groups in total. The van der Waals surface area contributed by atoms with Crippen LogP contribution in [0.2, 0.25) is 0 Å². The van der Waals surface area contributed by atoms with E-state index in [-0.39, 0.29) is 5.56 Å². The highest BCUT2D eigenvalue weighted by molar-refractivity contribution is 7.79. The molecule has 1 aliphatic rings. The minimum atomic E-state index is -4.67. The molecule has 0 bridgehead atoms. The Balaban J connectivity index is 0.000000463. The summed E-state index contributed by atoms with van der Waals surface area (Å²) >= 11 is 0. The van der Waals surface area contributed by atoms with Gasteiger partial charge in [-0.1, -0.05) is 0 Å². The van der Waals surface area contributed by atoms with Gasteiger partial charge in [-0.2, -0.15) is 13.5 Å². The molecule has 1 aromatic carbocycles. The van der Waals surface area contributed by atoms with Crippen LogP contribution in [0.15, 0.2) is 29.4 Å². The van der Waals surface area contributed by atoms with Crippen LogP contribution >= 0.6 is 0 Å². The van der Waals surface area contributed by atoms with Gasteiger partial charge in [-0.3, -0.25) is 14.5 Å². The average Bonchev–Trinajstić information content (AvgIpc) is 2.45. The lowest BCUT2D eigenvalue weighted by molar-refractivity contribution is 0.0697. The Morgan fingerprint density at radius 1 is 1.17 bits per heavy atom. The number of hydrogen-bond acceptors (Lipinski definition) is 6. The zero-order chi connectivity index (χ0) is 17.5. The molecule has 1 fully saturated rings. The minimum Gasteiger partial charge on any atom is -0.478 e. The molecular weight excluding hydrogens is 326 g/mol. The van der Waals surface area contributed by atoms with Gasteiger partial charge in [-0.25, -0.2) is 4.79 Å². The van der Waals surface area contributed by atoms with Crippen molar-refractivity contribution in [3.63, 3.8) is 0 Å². The van der Waals surface area contributed by atoms with Crippen LogP contribution in [-0.2, 0) is 10.4 Å². The zero-order valence-corrected chi connectivity index (χ0v) is 13.3. The Hall–Kier alpha value is -2.01. The predicted octanol–water partition coefficient (Wildman–Crippen LogP) is 1.23. The second kappa shape index (κ2) is 8.58. The first-order valence-corrected chi connectivity index (χ1v) is 8.08. The molecule has 1 aliphatic heterocycles. The lowest BCUT2D eigenvalue weighted by atomic mass is 10.1. The maximum Gasteiger partial charge on any atom is 0.394 e. The molecule has 128 valence electrons. The Kier molecular flexibility index (Phi) is 7.10. The van der Waals surface area contributed by atoms with Crippen LogP contribution < -0.4 is 5.43 Å². The summed E-state index contributed by atoms with van der Waals surface area (Å²) in [7, 11) is -2.56. The molecule has 1 heterocycles. The Bertz CT molecular complexity index is 639. The number of piperidine rings is 1. The Labute approximate surface area is 134 Å². The standard InChI is InChI=1S/C13H17N3O2.H2O4S/c1-16-8-6-12(7-9-16)15-14-11-4-2-10(3-5-11)13(17)18;1-5(2,3)4/h2-5,14H,6-9H2,1H3,(H,17,18);(H2,1,2,3,4). The van der Waals surface area contributed by atoms with Crippen molar-refractivity contribution in [3.05, 3.63) is 29.8 Å². The summed E-state index contributed by atoms with van der Waals surface area (Å²) in [6, 6.07) is 6.59. The molecule has 1 saturated heterocycles. The number of hydrazone groups is 1. The van der Waals surface area contributed by atoms with Gasteiger partial charge in [0.25, 0.3) is 0 Å². The summed E-state index contributed by atoms with van der Waals surface area (Å²) in [5.41, 5.74) is 5.23. The molecule has 10 heteroatoms. The van der Waals surface area contributed by atoms with Gasteiger partial charge in [-0.05, 0) is 31.3 Å². The summed E-state index contributed by atoms with van der Waals surface area (Å²) in [5, 5.41) is 13.1. The third-order valence-corrected chi connectivity index (χ3v) is 3.04. The molecule has 23 heavy (non-hydrogen) atoms. The summed E-state index contributed by atoms with van der Waals surface area (Å²) in [6.45, 7) is 2.08. The first-order valence-electron chi connectivity index (χ1n) is 6.68. The summed E-state index contributed by atoms with van der Waals surface area (Å²) in [5.74, 6) is -0.914. The molecule has 0 aliphatic carbocycles. The molecule has 0 atom stereocenters. The summed E-state index contributed by atoms with van der Waals surface area (Å²) in [4.78, 5) is 13.0. The van der Waals surface area contributed by atoms with Gasteiger partial charge in [0.05, 0.1) is 11.3 Å². The highest BCUT2D eigenvalue weighted by atomic mass is 32.3. The first kappa shape index (κ1) is 19.0.